The summed E-state index contributed by atoms with van der Waals surface area (Å²) in [6, 6.07) is 5.56. The van der Waals surface area contributed by atoms with Gasteiger partial charge < -0.3 is 10.6 Å². The Bertz CT molecular complexity index is 617. The van der Waals surface area contributed by atoms with E-state index in [4.69, 9.17) is 0 Å². The highest BCUT2D eigenvalue weighted by Gasteiger charge is 2.14. The van der Waals surface area contributed by atoms with Crippen LogP contribution in [0.2, 0.25) is 0 Å². The first-order valence-electron chi connectivity index (χ1n) is 5.94. The van der Waals surface area contributed by atoms with Crippen LogP contribution in [0.1, 0.15) is 23.1 Å². The van der Waals surface area contributed by atoms with Crippen LogP contribution in [-0.2, 0) is 0 Å². The summed E-state index contributed by atoms with van der Waals surface area (Å²) in [6.07, 6.45) is 0.992. The van der Waals surface area contributed by atoms with Crippen LogP contribution in [0.25, 0.3) is 0 Å². The standard InChI is InChI=1S/C12H12Br2N4OS/c1-2-5-15-12-18-17-11(20-12)10(19)16-9-6-7(13)3-4-8(9)14/h3-4,6H,2,5H2,1H3,(H,15,18)(H,16,19). The second kappa shape index (κ2) is 7.14. The zero-order valence-corrected chi connectivity index (χ0v) is 14.6. The van der Waals surface area contributed by atoms with Crippen LogP contribution in [0.3, 0.4) is 0 Å². The molecule has 1 amide bonds. The van der Waals surface area contributed by atoms with Crippen molar-refractivity contribution >= 4 is 59.9 Å². The number of rotatable bonds is 5. The molecule has 0 atom stereocenters. The number of carbonyl (C=O) groups is 1. The van der Waals surface area contributed by atoms with Crippen molar-refractivity contribution in [2.24, 2.45) is 0 Å². The molecule has 0 aliphatic rings. The molecule has 0 radical (unpaired) electrons. The molecule has 1 aromatic heterocycles. The number of nitrogens with one attached hydrogen (secondary N) is 2. The number of hydrogen-bond acceptors (Lipinski definition) is 5. The van der Waals surface area contributed by atoms with E-state index in [1.54, 1.807) is 0 Å². The summed E-state index contributed by atoms with van der Waals surface area (Å²) in [5.41, 5.74) is 0.683. The number of halogens is 2. The summed E-state index contributed by atoms with van der Waals surface area (Å²) in [5, 5.41) is 14.7. The fraction of sp³-hybridized carbons (Fsp3) is 0.250. The average Bonchev–Trinajstić information content (AvgIpc) is 2.89. The van der Waals surface area contributed by atoms with E-state index in [1.165, 1.54) is 11.3 Å². The van der Waals surface area contributed by atoms with E-state index in [-0.39, 0.29) is 5.91 Å². The fourth-order valence-corrected chi connectivity index (χ4v) is 2.76. The maximum Gasteiger partial charge on any atom is 0.286 e. The molecule has 1 heterocycles. The Labute approximate surface area is 137 Å². The van der Waals surface area contributed by atoms with E-state index < -0.39 is 0 Å². The van der Waals surface area contributed by atoms with Gasteiger partial charge in [-0.3, -0.25) is 4.79 Å². The van der Waals surface area contributed by atoms with Crippen LogP contribution in [0.4, 0.5) is 10.8 Å². The molecule has 106 valence electrons. The number of benzene rings is 1. The summed E-state index contributed by atoms with van der Waals surface area (Å²) in [6.45, 7) is 2.87. The lowest BCUT2D eigenvalue weighted by Gasteiger charge is -2.05. The van der Waals surface area contributed by atoms with E-state index in [0.717, 1.165) is 21.9 Å². The van der Waals surface area contributed by atoms with Crippen LogP contribution in [-0.4, -0.2) is 22.6 Å². The highest BCUT2D eigenvalue weighted by molar-refractivity contribution is 9.11. The Kier molecular flexibility index (Phi) is 5.50. The molecule has 1 aromatic carbocycles. The Morgan fingerprint density at radius 1 is 1.35 bits per heavy atom. The third kappa shape index (κ3) is 4.00. The molecule has 20 heavy (non-hydrogen) atoms. The van der Waals surface area contributed by atoms with Crippen LogP contribution < -0.4 is 10.6 Å². The zero-order valence-electron chi connectivity index (χ0n) is 10.6. The molecule has 0 unspecified atom stereocenters. The number of amides is 1. The first-order valence-corrected chi connectivity index (χ1v) is 8.34. The fourth-order valence-electron chi connectivity index (χ4n) is 1.39. The highest BCUT2D eigenvalue weighted by Crippen LogP contribution is 2.27. The van der Waals surface area contributed by atoms with Gasteiger partial charge in [0, 0.05) is 15.5 Å². The lowest BCUT2D eigenvalue weighted by molar-refractivity contribution is 0.102. The van der Waals surface area contributed by atoms with Gasteiger partial charge in [0.1, 0.15) is 0 Å². The van der Waals surface area contributed by atoms with E-state index in [0.29, 0.717) is 15.8 Å². The van der Waals surface area contributed by atoms with Crippen molar-refractivity contribution in [1.29, 1.82) is 0 Å². The van der Waals surface area contributed by atoms with Gasteiger partial charge in [-0.15, -0.1) is 10.2 Å². The molecule has 2 N–H and O–H groups in total. The van der Waals surface area contributed by atoms with Gasteiger partial charge in [0.15, 0.2) is 0 Å². The van der Waals surface area contributed by atoms with Gasteiger partial charge in [-0.1, -0.05) is 34.2 Å². The second-order valence-electron chi connectivity index (χ2n) is 3.92. The van der Waals surface area contributed by atoms with Crippen molar-refractivity contribution in [2.75, 3.05) is 17.2 Å². The van der Waals surface area contributed by atoms with Gasteiger partial charge >= 0.3 is 0 Å². The van der Waals surface area contributed by atoms with Gasteiger partial charge in [0.25, 0.3) is 5.91 Å². The first kappa shape index (κ1) is 15.4. The van der Waals surface area contributed by atoms with Crippen molar-refractivity contribution in [1.82, 2.24) is 10.2 Å². The summed E-state index contributed by atoms with van der Waals surface area (Å²) in [4.78, 5) is 12.1. The molecule has 0 bridgehead atoms. The summed E-state index contributed by atoms with van der Waals surface area (Å²) < 4.78 is 1.70. The molecule has 8 heteroatoms. The minimum atomic E-state index is -0.272. The summed E-state index contributed by atoms with van der Waals surface area (Å²) >= 11 is 8.00. The SMILES string of the molecule is CCCNc1nnc(C(=O)Nc2cc(Br)ccc2Br)s1. The number of anilines is 2. The van der Waals surface area contributed by atoms with Gasteiger partial charge in [-0.05, 0) is 40.5 Å². The molecule has 2 rings (SSSR count). The molecule has 0 fully saturated rings. The van der Waals surface area contributed by atoms with Crippen LogP contribution in [0.15, 0.2) is 27.1 Å². The summed E-state index contributed by atoms with van der Waals surface area (Å²) in [5.74, 6) is -0.272. The van der Waals surface area contributed by atoms with Gasteiger partial charge in [0.2, 0.25) is 10.1 Å². The average molecular weight is 420 g/mol. The third-order valence-electron chi connectivity index (χ3n) is 2.32. The summed E-state index contributed by atoms with van der Waals surface area (Å²) in [7, 11) is 0. The van der Waals surface area contributed by atoms with Crippen LogP contribution in [0.5, 0.6) is 0 Å². The van der Waals surface area contributed by atoms with Crippen molar-refractivity contribution < 1.29 is 4.79 Å². The Hall–Kier alpha value is -0.990. The quantitative estimate of drug-likeness (QED) is 0.764. The first-order chi connectivity index (χ1) is 9.60. The molecule has 0 saturated carbocycles. The largest absolute Gasteiger partial charge is 0.360 e. The number of hydrogen-bond donors (Lipinski definition) is 2. The Balaban J connectivity index is 2.08. The maximum atomic E-state index is 12.1. The van der Waals surface area contributed by atoms with E-state index in [1.807, 2.05) is 18.2 Å². The molecule has 0 aliphatic heterocycles. The molecular formula is C12H12Br2N4OS. The van der Waals surface area contributed by atoms with Crippen molar-refractivity contribution in [3.05, 3.63) is 32.2 Å². The van der Waals surface area contributed by atoms with Gasteiger partial charge in [-0.2, -0.15) is 0 Å². The molecule has 2 aromatic rings. The van der Waals surface area contributed by atoms with Gasteiger partial charge in [-0.25, -0.2) is 0 Å². The molecule has 0 saturated heterocycles. The van der Waals surface area contributed by atoms with E-state index in [2.05, 4.69) is 59.6 Å². The molecule has 0 spiro atoms. The predicted octanol–water partition coefficient (Wildman–Crippen LogP) is 4.14. The van der Waals surface area contributed by atoms with Crippen LogP contribution in [0, 0.1) is 0 Å². The van der Waals surface area contributed by atoms with E-state index >= 15 is 0 Å². The van der Waals surface area contributed by atoms with Crippen molar-refractivity contribution in [2.45, 2.75) is 13.3 Å². The topological polar surface area (TPSA) is 66.9 Å². The lowest BCUT2D eigenvalue weighted by Crippen LogP contribution is -2.12. The predicted molar refractivity (Wildman–Crippen MR) is 88.5 cm³/mol. The van der Waals surface area contributed by atoms with Crippen molar-refractivity contribution in [3.63, 3.8) is 0 Å². The Morgan fingerprint density at radius 2 is 2.15 bits per heavy atom. The smallest absolute Gasteiger partial charge is 0.286 e. The molecule has 0 aliphatic carbocycles. The zero-order chi connectivity index (χ0) is 14.5. The third-order valence-corrected chi connectivity index (χ3v) is 4.39. The number of aromatic nitrogens is 2. The normalized spacial score (nSPS) is 10.3. The van der Waals surface area contributed by atoms with E-state index in [9.17, 15) is 4.79 Å². The minimum absolute atomic E-state index is 0.272. The Morgan fingerprint density at radius 3 is 2.90 bits per heavy atom. The monoisotopic (exact) mass is 418 g/mol. The highest BCUT2D eigenvalue weighted by atomic mass is 79.9. The number of carbonyl (C=O) groups excluding carboxylic acids is 1. The lowest BCUT2D eigenvalue weighted by atomic mass is 10.3. The second-order valence-corrected chi connectivity index (χ2v) is 6.66. The van der Waals surface area contributed by atoms with Crippen molar-refractivity contribution in [3.8, 4) is 0 Å². The maximum absolute atomic E-state index is 12.1. The van der Waals surface area contributed by atoms with Crippen LogP contribution >= 0.6 is 43.2 Å². The minimum Gasteiger partial charge on any atom is -0.360 e. The molecular weight excluding hydrogens is 408 g/mol. The number of nitrogens with zero attached hydrogens (tertiary/aromatic N) is 2. The van der Waals surface area contributed by atoms with Gasteiger partial charge in [0.05, 0.1) is 5.69 Å². The molecule has 5 nitrogen and oxygen atoms in total.